The van der Waals surface area contributed by atoms with Gasteiger partial charge in [0.25, 0.3) is 0 Å². The summed E-state index contributed by atoms with van der Waals surface area (Å²) in [6, 6.07) is 2.06. The van der Waals surface area contributed by atoms with Crippen LogP contribution in [-0.2, 0) is 35.3 Å². The number of piperidine rings is 1. The fourth-order valence-corrected chi connectivity index (χ4v) is 4.72. The second kappa shape index (κ2) is 12.3. The van der Waals surface area contributed by atoms with Gasteiger partial charge in [0.05, 0.1) is 36.2 Å². The number of rotatable bonds is 3. The molecule has 0 radical (unpaired) electrons. The number of carboxylic acid groups (broad SMARTS) is 2. The number of aromatic nitrogens is 4. The molecule has 5 heterocycles. The lowest BCUT2D eigenvalue weighted by Gasteiger charge is -2.49. The van der Waals surface area contributed by atoms with E-state index >= 15 is 0 Å². The van der Waals surface area contributed by atoms with Gasteiger partial charge in [-0.25, -0.2) is 14.6 Å². The van der Waals surface area contributed by atoms with Gasteiger partial charge in [-0.2, -0.15) is 31.4 Å². The third-order valence-electron chi connectivity index (χ3n) is 6.82. The zero-order valence-corrected chi connectivity index (χ0v) is 22.0. The van der Waals surface area contributed by atoms with Crippen LogP contribution in [-0.4, -0.2) is 90.3 Å². The van der Waals surface area contributed by atoms with E-state index in [1.54, 1.807) is 6.26 Å². The molecule has 0 saturated carbocycles. The highest BCUT2D eigenvalue weighted by atomic mass is 19.4. The number of alkyl halides is 6. The molecule has 2 N–H and O–H groups in total. The maximum Gasteiger partial charge on any atom is 0.490 e. The van der Waals surface area contributed by atoms with E-state index in [1.165, 1.54) is 17.1 Å². The first-order valence-electron chi connectivity index (χ1n) is 12.1. The Bertz CT molecular complexity index is 1290. The van der Waals surface area contributed by atoms with Crippen LogP contribution < -0.4 is 0 Å². The van der Waals surface area contributed by atoms with Crippen molar-refractivity contribution >= 4 is 11.9 Å². The molecule has 2 aliphatic rings. The number of likely N-dealkylation sites (tertiary alicyclic amines) is 1. The number of hydrogen-bond acceptors (Lipinski definition) is 7. The molecule has 226 valence electrons. The fraction of sp³-hybridized carbons (Fsp3) is 0.500. The summed E-state index contributed by atoms with van der Waals surface area (Å²) in [7, 11) is 4.22. The van der Waals surface area contributed by atoms with Gasteiger partial charge in [0.1, 0.15) is 5.82 Å². The number of hydrogen-bond donors (Lipinski definition) is 2. The van der Waals surface area contributed by atoms with E-state index in [4.69, 9.17) is 29.2 Å². The van der Waals surface area contributed by atoms with Crippen LogP contribution in [0.25, 0.3) is 11.3 Å². The molecule has 5 rings (SSSR count). The van der Waals surface area contributed by atoms with Crippen molar-refractivity contribution in [3.05, 3.63) is 48.6 Å². The van der Waals surface area contributed by atoms with Crippen LogP contribution in [0.3, 0.4) is 0 Å². The molecule has 0 bridgehead atoms. The van der Waals surface area contributed by atoms with E-state index in [9.17, 15) is 26.3 Å². The lowest BCUT2D eigenvalue weighted by atomic mass is 9.83. The smallest absolute Gasteiger partial charge is 0.475 e. The first-order chi connectivity index (χ1) is 19.0. The van der Waals surface area contributed by atoms with Crippen molar-refractivity contribution in [1.82, 2.24) is 29.1 Å². The molecule has 0 unspecified atom stereocenters. The molecule has 2 aliphatic heterocycles. The minimum Gasteiger partial charge on any atom is -0.475 e. The molecule has 1 spiro atoms. The monoisotopic (exact) mass is 594 g/mol. The second-order valence-electron chi connectivity index (χ2n) is 9.49. The Morgan fingerprint density at radius 1 is 0.976 bits per heavy atom. The Morgan fingerprint density at radius 2 is 1.56 bits per heavy atom. The summed E-state index contributed by atoms with van der Waals surface area (Å²) in [6.07, 6.45) is 1.68. The van der Waals surface area contributed by atoms with Crippen LogP contribution in [0.4, 0.5) is 26.3 Å². The summed E-state index contributed by atoms with van der Waals surface area (Å²) in [4.78, 5) is 27.8. The van der Waals surface area contributed by atoms with Crippen LogP contribution in [0.1, 0.15) is 24.2 Å². The first kappa shape index (κ1) is 31.7. The molecule has 0 amide bonds. The third-order valence-corrected chi connectivity index (χ3v) is 6.82. The summed E-state index contributed by atoms with van der Waals surface area (Å²) < 4.78 is 73.0. The summed E-state index contributed by atoms with van der Waals surface area (Å²) >= 11 is 0. The summed E-state index contributed by atoms with van der Waals surface area (Å²) in [6.45, 7) is 5.15. The Kier molecular flexibility index (Phi) is 9.53. The van der Waals surface area contributed by atoms with Crippen molar-refractivity contribution in [1.29, 1.82) is 0 Å². The fourth-order valence-electron chi connectivity index (χ4n) is 4.72. The van der Waals surface area contributed by atoms with Crippen molar-refractivity contribution < 1.29 is 50.6 Å². The van der Waals surface area contributed by atoms with E-state index in [-0.39, 0.29) is 5.54 Å². The molecule has 11 nitrogen and oxygen atoms in total. The van der Waals surface area contributed by atoms with Crippen LogP contribution in [0.2, 0.25) is 0 Å². The molecule has 3 aromatic rings. The van der Waals surface area contributed by atoms with Gasteiger partial charge in [-0.15, -0.1) is 0 Å². The molecule has 1 fully saturated rings. The molecule has 17 heteroatoms. The zero-order chi connectivity index (χ0) is 30.6. The van der Waals surface area contributed by atoms with Crippen LogP contribution >= 0.6 is 0 Å². The molecule has 1 saturated heterocycles. The van der Waals surface area contributed by atoms with Gasteiger partial charge in [0, 0.05) is 57.1 Å². The quantitative estimate of drug-likeness (QED) is 0.437. The lowest BCUT2D eigenvalue weighted by molar-refractivity contribution is -0.193. The molecular formula is C24H28F6N6O5. The number of imidazole rings is 1. The largest absolute Gasteiger partial charge is 0.490 e. The lowest BCUT2D eigenvalue weighted by Crippen LogP contribution is -2.56. The first-order valence-corrected chi connectivity index (χ1v) is 12.1. The minimum atomic E-state index is -5.08. The number of fused-ring (bicyclic) bond motifs is 2. The van der Waals surface area contributed by atoms with Gasteiger partial charge in [0.2, 0.25) is 0 Å². The number of likely N-dealkylation sites (N-methyl/N-ethyl adjacent to an activating group) is 1. The van der Waals surface area contributed by atoms with Crippen LogP contribution in [0.15, 0.2) is 41.6 Å². The number of nitrogens with zero attached hydrogens (tertiary/aromatic N) is 6. The van der Waals surface area contributed by atoms with Crippen molar-refractivity contribution in [3.8, 4) is 11.3 Å². The number of carbonyl (C=O) groups is 2. The molecule has 0 aliphatic carbocycles. The summed E-state index contributed by atoms with van der Waals surface area (Å²) in [5.74, 6) is -4.29. The summed E-state index contributed by atoms with van der Waals surface area (Å²) in [5, 5.41) is 18.6. The van der Waals surface area contributed by atoms with Gasteiger partial charge in [-0.1, -0.05) is 0 Å². The molecular weight excluding hydrogens is 566 g/mol. The number of halogens is 6. The van der Waals surface area contributed by atoms with E-state index in [0.717, 1.165) is 51.1 Å². The van der Waals surface area contributed by atoms with Gasteiger partial charge < -0.3 is 19.2 Å². The minimum absolute atomic E-state index is 0.0333. The zero-order valence-electron chi connectivity index (χ0n) is 22.0. The van der Waals surface area contributed by atoms with E-state index in [0.29, 0.717) is 0 Å². The third kappa shape index (κ3) is 7.66. The SMILES string of the molecule is CN1CCn2c(-c3cnn(C)c3)cnc2C12CCN(Cc1ccoc1)CC2.O=C(O)C(F)(F)F.O=C(O)C(F)(F)F. The average Bonchev–Trinajstić information content (AvgIpc) is 3.64. The van der Waals surface area contributed by atoms with Gasteiger partial charge in [-0.05, 0) is 26.0 Å². The van der Waals surface area contributed by atoms with E-state index in [1.807, 2.05) is 30.4 Å². The van der Waals surface area contributed by atoms with Gasteiger partial charge >= 0.3 is 24.3 Å². The van der Waals surface area contributed by atoms with Crippen LogP contribution in [0.5, 0.6) is 0 Å². The van der Waals surface area contributed by atoms with Crippen molar-refractivity contribution in [2.75, 3.05) is 26.7 Å². The number of carboxylic acids is 2. The maximum absolute atomic E-state index is 10.6. The normalized spacial score (nSPS) is 17.2. The Morgan fingerprint density at radius 3 is 2.02 bits per heavy atom. The highest BCUT2D eigenvalue weighted by Gasteiger charge is 2.45. The molecule has 41 heavy (non-hydrogen) atoms. The predicted octanol–water partition coefficient (Wildman–Crippen LogP) is 3.58. The Hall–Kier alpha value is -3.86. The predicted molar refractivity (Wildman–Crippen MR) is 129 cm³/mol. The van der Waals surface area contributed by atoms with Crippen molar-refractivity contribution in [3.63, 3.8) is 0 Å². The summed E-state index contributed by atoms with van der Waals surface area (Å²) in [5.41, 5.74) is 3.62. The molecule has 0 atom stereocenters. The number of furan rings is 1. The standard InChI is InChI=1S/C20H26N6O.2C2HF3O2/c1-23-8-9-26-18(17-11-22-24(2)14-17)12-21-19(26)20(23)4-6-25(7-5-20)13-16-3-10-27-15-16;2*3-2(4,5)1(6)7/h3,10-12,14-15H,4-9,13H2,1-2H3;2*(H,6,7). The van der Waals surface area contributed by atoms with Gasteiger partial charge in [0.15, 0.2) is 0 Å². The molecule has 3 aromatic heterocycles. The van der Waals surface area contributed by atoms with Crippen molar-refractivity contribution in [2.24, 2.45) is 7.05 Å². The second-order valence-corrected chi connectivity index (χ2v) is 9.49. The van der Waals surface area contributed by atoms with Gasteiger partial charge in [-0.3, -0.25) is 14.5 Å². The Labute approximate surface area is 229 Å². The highest BCUT2D eigenvalue weighted by molar-refractivity contribution is 5.73. The van der Waals surface area contributed by atoms with E-state index < -0.39 is 24.3 Å². The van der Waals surface area contributed by atoms with Crippen LogP contribution in [0, 0.1) is 0 Å². The Balaban J connectivity index is 0.000000276. The van der Waals surface area contributed by atoms with E-state index in [2.05, 4.69) is 38.8 Å². The number of aryl methyl sites for hydroxylation is 1. The van der Waals surface area contributed by atoms with Crippen molar-refractivity contribution in [2.45, 2.75) is 43.8 Å². The molecule has 0 aromatic carbocycles. The maximum atomic E-state index is 10.6. The highest BCUT2D eigenvalue weighted by Crippen LogP contribution is 2.41. The average molecular weight is 595 g/mol. The topological polar surface area (TPSA) is 130 Å². The number of aliphatic carboxylic acids is 2.